The molecule has 1 aliphatic heterocycles. The van der Waals surface area contributed by atoms with E-state index >= 15 is 0 Å². The lowest BCUT2D eigenvalue weighted by Crippen LogP contribution is -2.28. The molecule has 2 fully saturated rings. The van der Waals surface area contributed by atoms with E-state index in [4.69, 9.17) is 0 Å². The van der Waals surface area contributed by atoms with Gasteiger partial charge in [0.15, 0.2) is 0 Å². The minimum absolute atomic E-state index is 0.613. The molecule has 1 aliphatic carbocycles. The van der Waals surface area contributed by atoms with Crippen molar-refractivity contribution in [2.24, 2.45) is 5.41 Å². The first-order chi connectivity index (χ1) is 8.33. The van der Waals surface area contributed by atoms with Crippen molar-refractivity contribution >= 4 is 0 Å². The molecule has 3 rings (SSSR count). The first-order valence-corrected chi connectivity index (χ1v) is 7.04. The van der Waals surface area contributed by atoms with Gasteiger partial charge in [-0.1, -0.05) is 6.92 Å². The molecule has 1 aromatic rings. The summed E-state index contributed by atoms with van der Waals surface area (Å²) < 4.78 is 2.44. The average molecular weight is 233 g/mol. The Balaban J connectivity index is 1.74. The van der Waals surface area contributed by atoms with Crippen molar-refractivity contribution in [1.82, 2.24) is 14.9 Å². The highest BCUT2D eigenvalue weighted by molar-refractivity contribution is 5.09. The Hall–Kier alpha value is -0.830. The molecule has 3 nitrogen and oxygen atoms in total. The van der Waals surface area contributed by atoms with E-state index in [1.807, 2.05) is 6.33 Å². The quantitative estimate of drug-likeness (QED) is 0.866. The normalized spacial score (nSPS) is 23.8. The SMILES string of the molecule is CCC1(Cn2cncc2C2CCNCC2)CC1. The van der Waals surface area contributed by atoms with Crippen molar-refractivity contribution in [3.63, 3.8) is 0 Å². The third-order valence-corrected chi connectivity index (χ3v) is 4.71. The van der Waals surface area contributed by atoms with Gasteiger partial charge in [0.25, 0.3) is 0 Å². The summed E-state index contributed by atoms with van der Waals surface area (Å²) in [5, 5.41) is 3.44. The molecule has 1 aromatic heterocycles. The zero-order chi connectivity index (χ0) is 11.7. The summed E-state index contributed by atoms with van der Waals surface area (Å²) in [6, 6.07) is 0. The second-order valence-electron chi connectivity index (χ2n) is 5.82. The molecule has 0 unspecified atom stereocenters. The lowest BCUT2D eigenvalue weighted by Gasteiger charge is -2.25. The maximum atomic E-state index is 4.39. The smallest absolute Gasteiger partial charge is 0.0948 e. The zero-order valence-corrected chi connectivity index (χ0v) is 10.8. The van der Waals surface area contributed by atoms with E-state index in [2.05, 4.69) is 28.0 Å². The lowest BCUT2D eigenvalue weighted by molar-refractivity contribution is 0.379. The molecule has 3 heteroatoms. The average Bonchev–Trinajstić information content (AvgIpc) is 3.00. The van der Waals surface area contributed by atoms with Gasteiger partial charge in [0.05, 0.1) is 6.33 Å². The van der Waals surface area contributed by atoms with Crippen molar-refractivity contribution in [3.05, 3.63) is 18.2 Å². The molecule has 2 aliphatic rings. The second kappa shape index (κ2) is 4.45. The first kappa shape index (κ1) is 11.3. The third-order valence-electron chi connectivity index (χ3n) is 4.71. The second-order valence-corrected chi connectivity index (χ2v) is 5.82. The Morgan fingerprint density at radius 1 is 1.41 bits per heavy atom. The Labute approximate surface area is 104 Å². The summed E-state index contributed by atoms with van der Waals surface area (Å²) in [6.07, 6.45) is 10.8. The monoisotopic (exact) mass is 233 g/mol. The summed E-state index contributed by atoms with van der Waals surface area (Å²) in [6.45, 7) is 5.85. The highest BCUT2D eigenvalue weighted by Crippen LogP contribution is 2.50. The molecule has 0 aromatic carbocycles. The minimum atomic E-state index is 0.613. The van der Waals surface area contributed by atoms with Crippen LogP contribution in [0.5, 0.6) is 0 Å². The Morgan fingerprint density at radius 3 is 2.82 bits per heavy atom. The molecule has 0 bridgehead atoms. The number of nitrogens with zero attached hydrogens (tertiary/aromatic N) is 2. The van der Waals surface area contributed by atoms with Crippen molar-refractivity contribution in [2.75, 3.05) is 13.1 Å². The molecule has 0 atom stereocenters. The van der Waals surface area contributed by atoms with Crippen LogP contribution in [0.1, 0.15) is 50.6 Å². The van der Waals surface area contributed by atoms with Crippen LogP contribution in [0.2, 0.25) is 0 Å². The number of nitrogens with one attached hydrogen (secondary N) is 1. The zero-order valence-electron chi connectivity index (χ0n) is 10.8. The van der Waals surface area contributed by atoms with Crippen molar-refractivity contribution in [3.8, 4) is 0 Å². The number of hydrogen-bond acceptors (Lipinski definition) is 2. The Kier molecular flexibility index (Phi) is 2.95. The molecule has 1 N–H and O–H groups in total. The summed E-state index contributed by atoms with van der Waals surface area (Å²) in [5.74, 6) is 0.728. The van der Waals surface area contributed by atoms with Gasteiger partial charge >= 0.3 is 0 Å². The number of piperidine rings is 1. The highest BCUT2D eigenvalue weighted by atomic mass is 15.1. The van der Waals surface area contributed by atoms with Gasteiger partial charge in [-0.3, -0.25) is 0 Å². The molecular weight excluding hydrogens is 210 g/mol. The van der Waals surface area contributed by atoms with E-state index in [-0.39, 0.29) is 0 Å². The topological polar surface area (TPSA) is 29.9 Å². The standard InChI is InChI=1S/C14H23N3/c1-2-14(5-6-14)10-17-11-16-9-13(17)12-3-7-15-8-4-12/h9,11-12,15H,2-8,10H2,1H3. The van der Waals surface area contributed by atoms with Crippen molar-refractivity contribution in [2.45, 2.75) is 51.5 Å². The van der Waals surface area contributed by atoms with Gasteiger partial charge < -0.3 is 9.88 Å². The molecule has 0 amide bonds. The van der Waals surface area contributed by atoms with Crippen LogP contribution in [0.25, 0.3) is 0 Å². The molecule has 1 saturated carbocycles. The van der Waals surface area contributed by atoms with E-state index in [1.54, 1.807) is 0 Å². The van der Waals surface area contributed by atoms with Crippen LogP contribution in [0.4, 0.5) is 0 Å². The number of hydrogen-bond donors (Lipinski definition) is 1. The van der Waals surface area contributed by atoms with Gasteiger partial charge in [-0.25, -0.2) is 4.98 Å². The van der Waals surface area contributed by atoms with Crippen LogP contribution in [0, 0.1) is 5.41 Å². The van der Waals surface area contributed by atoms with Gasteiger partial charge in [-0.05, 0) is 50.6 Å². The molecule has 2 heterocycles. The summed E-state index contributed by atoms with van der Waals surface area (Å²) in [5.41, 5.74) is 2.09. The molecule has 1 saturated heterocycles. The minimum Gasteiger partial charge on any atom is -0.334 e. The fraction of sp³-hybridized carbons (Fsp3) is 0.786. The molecule has 0 radical (unpaired) electrons. The van der Waals surface area contributed by atoms with E-state index in [9.17, 15) is 0 Å². The molecule has 0 spiro atoms. The summed E-state index contributed by atoms with van der Waals surface area (Å²) in [4.78, 5) is 4.39. The predicted octanol–water partition coefficient (Wildman–Crippen LogP) is 2.54. The summed E-state index contributed by atoms with van der Waals surface area (Å²) in [7, 11) is 0. The number of imidazole rings is 1. The Morgan fingerprint density at radius 2 is 2.18 bits per heavy atom. The number of aromatic nitrogens is 2. The lowest BCUT2D eigenvalue weighted by atomic mass is 9.94. The first-order valence-electron chi connectivity index (χ1n) is 7.04. The van der Waals surface area contributed by atoms with Crippen LogP contribution >= 0.6 is 0 Å². The van der Waals surface area contributed by atoms with E-state index in [0.717, 1.165) is 19.0 Å². The van der Waals surface area contributed by atoms with Crippen molar-refractivity contribution in [1.29, 1.82) is 0 Å². The number of rotatable bonds is 4. The predicted molar refractivity (Wildman–Crippen MR) is 69.0 cm³/mol. The maximum absolute atomic E-state index is 4.39. The van der Waals surface area contributed by atoms with Crippen LogP contribution in [-0.2, 0) is 6.54 Å². The fourth-order valence-corrected chi connectivity index (χ4v) is 3.08. The summed E-state index contributed by atoms with van der Waals surface area (Å²) >= 11 is 0. The van der Waals surface area contributed by atoms with Crippen LogP contribution in [-0.4, -0.2) is 22.6 Å². The third kappa shape index (κ3) is 2.25. The van der Waals surface area contributed by atoms with Crippen LogP contribution in [0.15, 0.2) is 12.5 Å². The highest BCUT2D eigenvalue weighted by Gasteiger charge is 2.41. The maximum Gasteiger partial charge on any atom is 0.0948 e. The van der Waals surface area contributed by atoms with Crippen LogP contribution in [0.3, 0.4) is 0 Å². The van der Waals surface area contributed by atoms with Gasteiger partial charge in [0, 0.05) is 24.4 Å². The molecule has 17 heavy (non-hydrogen) atoms. The fourth-order valence-electron chi connectivity index (χ4n) is 3.08. The van der Waals surface area contributed by atoms with Crippen LogP contribution < -0.4 is 5.32 Å². The van der Waals surface area contributed by atoms with Gasteiger partial charge in [0.2, 0.25) is 0 Å². The molecular formula is C14H23N3. The van der Waals surface area contributed by atoms with Gasteiger partial charge in [0.1, 0.15) is 0 Å². The van der Waals surface area contributed by atoms with Gasteiger partial charge in [-0.15, -0.1) is 0 Å². The van der Waals surface area contributed by atoms with Gasteiger partial charge in [-0.2, -0.15) is 0 Å². The van der Waals surface area contributed by atoms with E-state index in [1.165, 1.54) is 44.3 Å². The van der Waals surface area contributed by atoms with Crippen molar-refractivity contribution < 1.29 is 0 Å². The Bertz CT molecular complexity index is 373. The van der Waals surface area contributed by atoms with E-state index < -0.39 is 0 Å². The largest absolute Gasteiger partial charge is 0.334 e. The van der Waals surface area contributed by atoms with E-state index in [0.29, 0.717) is 5.41 Å². The molecule has 94 valence electrons.